The second-order valence-electron chi connectivity index (χ2n) is 8.29. The molecule has 0 spiro atoms. The molecule has 3 rings (SSSR count). The van der Waals surface area contributed by atoms with Crippen LogP contribution in [-0.2, 0) is 28.4 Å². The highest BCUT2D eigenvalue weighted by Crippen LogP contribution is 2.21. The number of aryl methyl sites for hydroxylation is 3. The fourth-order valence-corrected chi connectivity index (χ4v) is 5.71. The third kappa shape index (κ3) is 4.99. The third-order valence-corrected chi connectivity index (χ3v) is 7.73. The van der Waals surface area contributed by atoms with Crippen LogP contribution in [-0.4, -0.2) is 52.7 Å². The van der Waals surface area contributed by atoms with E-state index in [0.29, 0.717) is 42.6 Å². The maximum atomic E-state index is 13.3. The van der Waals surface area contributed by atoms with E-state index in [-0.39, 0.29) is 17.2 Å². The molecule has 1 atom stereocenters. The van der Waals surface area contributed by atoms with Gasteiger partial charge in [0.1, 0.15) is 22.7 Å². The number of nitriles is 1. The molecule has 0 aromatic carbocycles. The Labute approximate surface area is 183 Å². The highest BCUT2D eigenvalue weighted by atomic mass is 32.2. The van der Waals surface area contributed by atoms with Gasteiger partial charge in [0.15, 0.2) is 0 Å². The van der Waals surface area contributed by atoms with Crippen LogP contribution in [0, 0.1) is 31.1 Å². The van der Waals surface area contributed by atoms with Crippen LogP contribution in [0.2, 0.25) is 0 Å². The SMILES string of the molecule is Cc1nn(C)c(C)c1S(=O)(=O)NC(CCn1cccc1C#N)C(=O)N1CCC(C)CC1. The van der Waals surface area contributed by atoms with E-state index in [0.717, 1.165) is 12.8 Å². The van der Waals surface area contributed by atoms with Gasteiger partial charge in [0.05, 0.1) is 11.4 Å². The summed E-state index contributed by atoms with van der Waals surface area (Å²) < 4.78 is 32.3. The minimum atomic E-state index is -3.96. The molecule has 1 saturated heterocycles. The topological polar surface area (TPSA) is 113 Å². The van der Waals surface area contributed by atoms with Crippen molar-refractivity contribution in [2.45, 2.75) is 57.5 Å². The highest BCUT2D eigenvalue weighted by Gasteiger charge is 2.33. The van der Waals surface area contributed by atoms with E-state index in [2.05, 4.69) is 22.8 Å². The summed E-state index contributed by atoms with van der Waals surface area (Å²) in [5, 5.41) is 13.4. The minimum Gasteiger partial charge on any atom is -0.341 e. The Hall–Kier alpha value is -2.64. The molecule has 168 valence electrons. The van der Waals surface area contributed by atoms with Crippen LogP contribution < -0.4 is 4.72 Å². The first-order chi connectivity index (χ1) is 14.6. The molecular weight excluding hydrogens is 416 g/mol. The third-order valence-electron chi connectivity index (χ3n) is 6.00. The summed E-state index contributed by atoms with van der Waals surface area (Å²) in [6, 6.07) is 4.63. The molecule has 0 aliphatic carbocycles. The zero-order chi connectivity index (χ0) is 22.8. The van der Waals surface area contributed by atoms with Gasteiger partial charge in [0.2, 0.25) is 15.9 Å². The standard InChI is InChI=1S/C21H30N6O3S/c1-15-7-11-27(12-8-15)21(28)19(9-13-26-10-5-6-18(26)14-22)24-31(29,30)20-16(2)23-25(4)17(20)3/h5-6,10,15,19,24H,7-9,11-13H2,1-4H3. The van der Waals surface area contributed by atoms with E-state index in [1.807, 2.05) is 0 Å². The van der Waals surface area contributed by atoms with Gasteiger partial charge in [0, 0.05) is 32.9 Å². The van der Waals surface area contributed by atoms with Crippen molar-refractivity contribution in [2.75, 3.05) is 13.1 Å². The monoisotopic (exact) mass is 446 g/mol. The van der Waals surface area contributed by atoms with E-state index < -0.39 is 16.1 Å². The van der Waals surface area contributed by atoms with Crippen LogP contribution >= 0.6 is 0 Å². The van der Waals surface area contributed by atoms with Crippen LogP contribution in [0.25, 0.3) is 0 Å². The van der Waals surface area contributed by atoms with Crippen molar-refractivity contribution in [1.82, 2.24) is 24.0 Å². The Morgan fingerprint density at radius 3 is 2.61 bits per heavy atom. The second-order valence-corrected chi connectivity index (χ2v) is 9.94. The van der Waals surface area contributed by atoms with Gasteiger partial charge in [-0.1, -0.05) is 6.92 Å². The number of aromatic nitrogens is 3. The number of hydrogen-bond donors (Lipinski definition) is 1. The van der Waals surface area contributed by atoms with E-state index in [4.69, 9.17) is 0 Å². The van der Waals surface area contributed by atoms with Gasteiger partial charge in [-0.2, -0.15) is 15.1 Å². The Balaban J connectivity index is 1.85. The van der Waals surface area contributed by atoms with Crippen molar-refractivity contribution in [2.24, 2.45) is 13.0 Å². The van der Waals surface area contributed by atoms with Crippen LogP contribution in [0.5, 0.6) is 0 Å². The number of nitrogens with zero attached hydrogens (tertiary/aromatic N) is 5. The molecule has 1 N–H and O–H groups in total. The van der Waals surface area contributed by atoms with E-state index in [9.17, 15) is 18.5 Å². The predicted octanol–water partition coefficient (Wildman–Crippen LogP) is 1.71. The lowest BCUT2D eigenvalue weighted by Gasteiger charge is -2.33. The van der Waals surface area contributed by atoms with Crippen LogP contribution in [0.3, 0.4) is 0 Å². The number of carbonyl (C=O) groups is 1. The smallest absolute Gasteiger partial charge is 0.244 e. The number of sulfonamides is 1. The van der Waals surface area contributed by atoms with Crippen molar-refractivity contribution < 1.29 is 13.2 Å². The lowest BCUT2D eigenvalue weighted by Crippen LogP contribution is -2.51. The minimum absolute atomic E-state index is 0.110. The van der Waals surface area contributed by atoms with Gasteiger partial charge in [-0.25, -0.2) is 8.42 Å². The molecule has 1 aliphatic rings. The normalized spacial score (nSPS) is 16.3. The molecule has 1 aliphatic heterocycles. The van der Waals surface area contributed by atoms with Crippen LogP contribution in [0.1, 0.15) is 43.3 Å². The lowest BCUT2D eigenvalue weighted by atomic mass is 9.98. The number of rotatable bonds is 7. The maximum absolute atomic E-state index is 13.3. The van der Waals surface area contributed by atoms with Crippen LogP contribution in [0.4, 0.5) is 0 Å². The summed E-state index contributed by atoms with van der Waals surface area (Å²) in [7, 11) is -2.27. The first-order valence-electron chi connectivity index (χ1n) is 10.5. The number of piperidine rings is 1. The predicted molar refractivity (Wildman–Crippen MR) is 116 cm³/mol. The van der Waals surface area contributed by atoms with Gasteiger partial charge in [-0.05, 0) is 51.2 Å². The number of likely N-dealkylation sites (tertiary alicyclic amines) is 1. The lowest BCUT2D eigenvalue weighted by molar-refractivity contribution is -0.134. The fraction of sp³-hybridized carbons (Fsp3) is 0.571. The molecular formula is C21H30N6O3S. The van der Waals surface area contributed by atoms with Crippen molar-refractivity contribution >= 4 is 15.9 Å². The summed E-state index contributed by atoms with van der Waals surface area (Å²) in [5.74, 6) is 0.332. The van der Waals surface area contributed by atoms with Gasteiger partial charge in [0.25, 0.3) is 0 Å². The van der Waals surface area contributed by atoms with Crippen LogP contribution in [0.15, 0.2) is 23.2 Å². The van der Waals surface area contributed by atoms with Crippen molar-refractivity contribution in [3.8, 4) is 6.07 Å². The largest absolute Gasteiger partial charge is 0.341 e. The Morgan fingerprint density at radius 2 is 2.03 bits per heavy atom. The van der Waals surface area contributed by atoms with E-state index in [1.165, 1.54) is 4.68 Å². The maximum Gasteiger partial charge on any atom is 0.244 e. The Bertz CT molecular complexity index is 1090. The first-order valence-corrected chi connectivity index (χ1v) is 12.0. The zero-order valence-electron chi connectivity index (χ0n) is 18.5. The van der Waals surface area contributed by atoms with E-state index in [1.54, 1.807) is 48.7 Å². The molecule has 1 unspecified atom stereocenters. The molecule has 2 aromatic rings. The number of nitrogens with one attached hydrogen (secondary N) is 1. The molecule has 1 amide bonds. The number of amides is 1. The zero-order valence-corrected chi connectivity index (χ0v) is 19.3. The Morgan fingerprint density at radius 1 is 1.35 bits per heavy atom. The number of carbonyl (C=O) groups excluding carboxylic acids is 1. The molecule has 10 heteroatoms. The summed E-state index contributed by atoms with van der Waals surface area (Å²) in [5.41, 5.74) is 1.38. The van der Waals surface area contributed by atoms with E-state index >= 15 is 0 Å². The molecule has 31 heavy (non-hydrogen) atoms. The summed E-state index contributed by atoms with van der Waals surface area (Å²) in [6.07, 6.45) is 3.81. The summed E-state index contributed by atoms with van der Waals surface area (Å²) >= 11 is 0. The average molecular weight is 447 g/mol. The Kier molecular flexibility index (Phi) is 6.86. The molecule has 0 saturated carbocycles. The highest BCUT2D eigenvalue weighted by molar-refractivity contribution is 7.89. The summed E-state index contributed by atoms with van der Waals surface area (Å²) in [4.78, 5) is 15.2. The van der Waals surface area contributed by atoms with Crippen molar-refractivity contribution in [3.63, 3.8) is 0 Å². The molecule has 0 bridgehead atoms. The second kappa shape index (κ2) is 9.24. The van der Waals surface area contributed by atoms with Gasteiger partial charge < -0.3 is 9.47 Å². The van der Waals surface area contributed by atoms with Gasteiger partial charge in [-0.3, -0.25) is 9.48 Å². The molecule has 1 fully saturated rings. The molecule has 0 radical (unpaired) electrons. The van der Waals surface area contributed by atoms with Crippen molar-refractivity contribution in [1.29, 1.82) is 5.26 Å². The van der Waals surface area contributed by atoms with Gasteiger partial charge >= 0.3 is 0 Å². The molecule has 3 heterocycles. The fourth-order valence-electron chi connectivity index (χ4n) is 4.05. The first kappa shape index (κ1) is 23.0. The quantitative estimate of drug-likeness (QED) is 0.696. The van der Waals surface area contributed by atoms with Crippen molar-refractivity contribution in [3.05, 3.63) is 35.4 Å². The average Bonchev–Trinajstić information content (AvgIpc) is 3.28. The molecule has 2 aromatic heterocycles. The van der Waals surface area contributed by atoms with Gasteiger partial charge in [-0.15, -0.1) is 0 Å². The summed E-state index contributed by atoms with van der Waals surface area (Å²) in [6.45, 7) is 7.08. The number of hydrogen-bond acceptors (Lipinski definition) is 5. The molecule has 9 nitrogen and oxygen atoms in total.